The van der Waals surface area contributed by atoms with Gasteiger partial charge in [-0.1, -0.05) is 63.9 Å². The third-order valence-electron chi connectivity index (χ3n) is 5.86. The molecule has 0 radical (unpaired) electrons. The van der Waals surface area contributed by atoms with Crippen molar-refractivity contribution in [2.75, 3.05) is 7.11 Å². The average Bonchev–Trinajstić information content (AvgIpc) is 2.97. The normalized spacial score (nSPS) is 11.4. The van der Waals surface area contributed by atoms with E-state index in [1.165, 1.54) is 24.1 Å². The lowest BCUT2D eigenvalue weighted by atomic mass is 10.2. The van der Waals surface area contributed by atoms with Crippen molar-refractivity contribution in [2.45, 2.75) is 0 Å². The Balaban J connectivity index is 1.43. The van der Waals surface area contributed by atoms with Crippen LogP contribution in [0.2, 0.25) is 5.02 Å². The number of halogens is 2. The van der Waals surface area contributed by atoms with E-state index in [0.717, 1.165) is 15.6 Å². The molecule has 0 saturated carbocycles. The largest absolute Gasteiger partial charge is 0.493 e. The van der Waals surface area contributed by atoms with Gasteiger partial charge in [-0.15, -0.1) is 0 Å². The molecule has 0 aliphatic rings. The summed E-state index contributed by atoms with van der Waals surface area (Å²) in [7, 11) is 1.47. The Kier molecular flexibility index (Phi) is 8.19. The summed E-state index contributed by atoms with van der Waals surface area (Å²) in [6, 6.07) is 26.6. The van der Waals surface area contributed by atoms with E-state index in [1.54, 1.807) is 66.7 Å². The number of carbonyl (C=O) groups excluding carboxylic acids is 1. The highest BCUT2D eigenvalue weighted by Crippen LogP contribution is 2.28. The Morgan fingerprint density at radius 2 is 1.68 bits per heavy atom. The lowest BCUT2D eigenvalue weighted by Crippen LogP contribution is -2.20. The van der Waals surface area contributed by atoms with Crippen LogP contribution < -0.4 is 15.0 Å². The first-order valence-corrected chi connectivity index (χ1v) is 13.2. The molecule has 9 heteroatoms. The number of nitrogens with zero attached hydrogens (tertiary/aromatic N) is 3. The second kappa shape index (κ2) is 12.1. The summed E-state index contributed by atoms with van der Waals surface area (Å²) < 4.78 is 13.1. The summed E-state index contributed by atoms with van der Waals surface area (Å²) in [5.74, 6) is 0.403. The van der Waals surface area contributed by atoms with Gasteiger partial charge >= 0.3 is 5.97 Å². The molecule has 0 amide bonds. The molecule has 0 unspecified atom stereocenters. The Hall–Kier alpha value is -4.53. The van der Waals surface area contributed by atoms with Gasteiger partial charge in [-0.25, -0.2) is 9.78 Å². The second-order valence-electron chi connectivity index (χ2n) is 8.54. The molecule has 5 rings (SSSR count). The molecule has 7 nitrogen and oxygen atoms in total. The minimum Gasteiger partial charge on any atom is -0.493 e. The Morgan fingerprint density at radius 1 is 0.950 bits per heavy atom. The molecule has 40 heavy (non-hydrogen) atoms. The fourth-order valence-corrected chi connectivity index (χ4v) is 4.26. The number of hydrogen-bond acceptors (Lipinski definition) is 6. The molecule has 0 aliphatic heterocycles. The van der Waals surface area contributed by atoms with Crippen LogP contribution in [0.4, 0.5) is 0 Å². The summed E-state index contributed by atoms with van der Waals surface area (Å²) in [5, 5.41) is 5.54. The van der Waals surface area contributed by atoms with Crippen molar-refractivity contribution in [3.63, 3.8) is 0 Å². The van der Waals surface area contributed by atoms with Gasteiger partial charge in [0.05, 0.1) is 24.2 Å². The highest BCUT2D eigenvalue weighted by molar-refractivity contribution is 9.10. The maximum Gasteiger partial charge on any atom is 0.336 e. The van der Waals surface area contributed by atoms with E-state index in [1.807, 2.05) is 30.3 Å². The van der Waals surface area contributed by atoms with Crippen molar-refractivity contribution in [3.05, 3.63) is 128 Å². The third kappa shape index (κ3) is 6.20. The quantitative estimate of drug-likeness (QED) is 0.0854. The van der Waals surface area contributed by atoms with Crippen LogP contribution in [0.3, 0.4) is 0 Å². The van der Waals surface area contributed by atoms with Crippen LogP contribution in [0.5, 0.6) is 11.5 Å². The number of fused-ring (bicyclic) bond motifs is 1. The zero-order valence-corrected chi connectivity index (χ0v) is 23.5. The van der Waals surface area contributed by atoms with Crippen molar-refractivity contribution in [1.29, 1.82) is 0 Å². The smallest absolute Gasteiger partial charge is 0.336 e. The van der Waals surface area contributed by atoms with Crippen LogP contribution >= 0.6 is 27.5 Å². The molecule has 0 fully saturated rings. The molecule has 1 heterocycles. The van der Waals surface area contributed by atoms with E-state index in [9.17, 15) is 9.59 Å². The summed E-state index contributed by atoms with van der Waals surface area (Å²) >= 11 is 9.33. The summed E-state index contributed by atoms with van der Waals surface area (Å²) in [5.41, 5.74) is 2.44. The fourth-order valence-electron chi connectivity index (χ4n) is 3.87. The molecule has 0 bridgehead atoms. The van der Waals surface area contributed by atoms with Crippen LogP contribution in [-0.2, 0) is 4.79 Å². The monoisotopic (exact) mass is 613 g/mol. The van der Waals surface area contributed by atoms with Crippen LogP contribution in [-0.4, -0.2) is 29.0 Å². The standard InChI is InChI=1S/C31H21BrClN3O4/c1-39-28-18-21(8-16-27(28)40-29(37)17-9-20-6-14-24(33)15-7-20)19-34-36-30(22-10-12-23(32)13-11-22)35-26-5-3-2-4-25(26)31(36)38/h2-19H,1H3/b17-9+,34-19?. The summed E-state index contributed by atoms with van der Waals surface area (Å²) in [6.07, 6.45) is 4.47. The number of methoxy groups -OCH3 is 1. The van der Waals surface area contributed by atoms with Crippen molar-refractivity contribution in [1.82, 2.24) is 9.66 Å². The Bertz CT molecular complexity index is 1810. The molecular weight excluding hydrogens is 594 g/mol. The molecule has 198 valence electrons. The topological polar surface area (TPSA) is 82.8 Å². The number of hydrogen-bond donors (Lipinski definition) is 0. The SMILES string of the molecule is COc1cc(C=Nn2c(-c3ccc(Br)cc3)nc3ccccc3c2=O)ccc1OC(=O)/C=C/c1ccc(Cl)cc1. The molecule has 4 aromatic carbocycles. The van der Waals surface area contributed by atoms with Gasteiger partial charge in [0.2, 0.25) is 0 Å². The van der Waals surface area contributed by atoms with Crippen molar-refractivity contribution in [3.8, 4) is 22.9 Å². The predicted octanol–water partition coefficient (Wildman–Crippen LogP) is 6.99. The summed E-state index contributed by atoms with van der Waals surface area (Å²) in [4.78, 5) is 30.5. The van der Waals surface area contributed by atoms with Gasteiger partial charge in [-0.3, -0.25) is 4.79 Å². The highest BCUT2D eigenvalue weighted by Gasteiger charge is 2.13. The third-order valence-corrected chi connectivity index (χ3v) is 6.64. The first kappa shape index (κ1) is 27.1. The molecule has 0 N–H and O–H groups in total. The second-order valence-corrected chi connectivity index (χ2v) is 9.89. The highest BCUT2D eigenvalue weighted by atomic mass is 79.9. The van der Waals surface area contributed by atoms with Gasteiger partial charge in [0.1, 0.15) is 0 Å². The number of para-hydroxylation sites is 1. The number of rotatable bonds is 7. The van der Waals surface area contributed by atoms with Crippen LogP contribution in [0.15, 0.2) is 111 Å². The number of carbonyl (C=O) groups is 1. The average molecular weight is 615 g/mol. The Morgan fingerprint density at radius 3 is 2.42 bits per heavy atom. The van der Waals surface area contributed by atoms with E-state index in [0.29, 0.717) is 33.1 Å². The molecule has 0 aliphatic carbocycles. The first-order valence-electron chi connectivity index (χ1n) is 12.1. The number of aromatic nitrogens is 2. The molecule has 0 saturated heterocycles. The minimum absolute atomic E-state index is 0.241. The first-order chi connectivity index (χ1) is 19.4. The molecule has 1 aromatic heterocycles. The van der Waals surface area contributed by atoms with E-state index < -0.39 is 5.97 Å². The number of ether oxygens (including phenoxy) is 2. The zero-order chi connectivity index (χ0) is 28.1. The predicted molar refractivity (Wildman–Crippen MR) is 161 cm³/mol. The van der Waals surface area contributed by atoms with Crippen LogP contribution in [0.25, 0.3) is 28.4 Å². The van der Waals surface area contributed by atoms with E-state index in [4.69, 9.17) is 26.1 Å². The van der Waals surface area contributed by atoms with E-state index in [2.05, 4.69) is 21.0 Å². The molecule has 0 spiro atoms. The summed E-state index contributed by atoms with van der Waals surface area (Å²) in [6.45, 7) is 0. The lowest BCUT2D eigenvalue weighted by Gasteiger charge is -2.10. The minimum atomic E-state index is -0.567. The van der Waals surface area contributed by atoms with E-state index in [-0.39, 0.29) is 11.3 Å². The van der Waals surface area contributed by atoms with Gasteiger partial charge in [-0.2, -0.15) is 9.78 Å². The van der Waals surface area contributed by atoms with Crippen LogP contribution in [0, 0.1) is 0 Å². The number of esters is 1. The molecule has 5 aromatic rings. The van der Waals surface area contributed by atoms with Gasteiger partial charge in [0, 0.05) is 21.1 Å². The molecular formula is C31H21BrClN3O4. The number of benzene rings is 4. The van der Waals surface area contributed by atoms with Gasteiger partial charge in [-0.05, 0) is 71.8 Å². The fraction of sp³-hybridized carbons (Fsp3) is 0.0323. The van der Waals surface area contributed by atoms with Crippen molar-refractivity contribution < 1.29 is 14.3 Å². The van der Waals surface area contributed by atoms with Crippen LogP contribution in [0.1, 0.15) is 11.1 Å². The van der Waals surface area contributed by atoms with Gasteiger partial charge < -0.3 is 9.47 Å². The lowest BCUT2D eigenvalue weighted by molar-refractivity contribution is -0.129. The van der Waals surface area contributed by atoms with Crippen molar-refractivity contribution in [2.24, 2.45) is 5.10 Å². The van der Waals surface area contributed by atoms with Gasteiger partial charge in [0.15, 0.2) is 17.3 Å². The van der Waals surface area contributed by atoms with E-state index >= 15 is 0 Å². The zero-order valence-electron chi connectivity index (χ0n) is 21.1. The molecule has 0 atom stereocenters. The maximum atomic E-state index is 13.4. The van der Waals surface area contributed by atoms with Crippen molar-refractivity contribution >= 4 is 56.7 Å². The maximum absolute atomic E-state index is 13.4. The van der Waals surface area contributed by atoms with Gasteiger partial charge in [0.25, 0.3) is 5.56 Å². The Labute approximate surface area is 243 Å².